The third kappa shape index (κ3) is 1.37. The molecular weight excluding hydrogens is 176 g/mol. The minimum Gasteiger partial charge on any atom is -0.321 e. The average molecular weight is 187 g/mol. The minimum absolute atomic E-state index is 0.279. The molecule has 0 unspecified atom stereocenters. The molecule has 1 aromatic rings. The van der Waals surface area contributed by atoms with Crippen molar-refractivity contribution in [2.24, 2.45) is 7.05 Å². The topological polar surface area (TPSA) is 34.9 Å². The molecule has 0 bridgehead atoms. The second kappa shape index (κ2) is 3.27. The van der Waals surface area contributed by atoms with Gasteiger partial charge in [0.05, 0.1) is 0 Å². The van der Waals surface area contributed by atoms with E-state index in [0.717, 1.165) is 5.82 Å². The van der Waals surface area contributed by atoms with Crippen molar-refractivity contribution >= 4 is 17.9 Å². The number of hydrogen-bond donors (Lipinski definition) is 0. The predicted octanol–water partition coefficient (Wildman–Crippen LogP) is 2.01. The number of aldehydes is 1. The summed E-state index contributed by atoms with van der Waals surface area (Å²) in [5.41, 5.74) is 0.322. The Bertz CT molecular complexity index is 304. The van der Waals surface area contributed by atoms with E-state index in [9.17, 15) is 4.79 Å². The lowest BCUT2D eigenvalue weighted by molar-refractivity contribution is 0.111. The van der Waals surface area contributed by atoms with Crippen LogP contribution in [0.1, 0.15) is 36.1 Å². The van der Waals surface area contributed by atoms with Crippen molar-refractivity contribution in [2.45, 2.75) is 19.8 Å². The summed E-state index contributed by atoms with van der Waals surface area (Å²) in [5.74, 6) is 1.11. The third-order valence-corrected chi connectivity index (χ3v) is 2.16. The summed E-state index contributed by atoms with van der Waals surface area (Å²) in [5, 5.41) is 0.411. The number of hydrogen-bond acceptors (Lipinski definition) is 2. The molecule has 3 nitrogen and oxygen atoms in total. The molecule has 0 aliphatic heterocycles. The van der Waals surface area contributed by atoms with Gasteiger partial charge in [-0.2, -0.15) is 0 Å². The molecule has 0 aliphatic rings. The molecule has 0 aromatic carbocycles. The zero-order valence-corrected chi connectivity index (χ0v) is 8.09. The number of carbonyl (C=O) groups is 1. The van der Waals surface area contributed by atoms with Gasteiger partial charge in [-0.05, 0) is 0 Å². The van der Waals surface area contributed by atoms with Crippen LogP contribution >= 0.6 is 11.6 Å². The highest BCUT2D eigenvalue weighted by molar-refractivity contribution is 6.31. The van der Waals surface area contributed by atoms with Crippen LogP contribution in [0.2, 0.25) is 5.15 Å². The van der Waals surface area contributed by atoms with Crippen LogP contribution in [0.25, 0.3) is 0 Å². The van der Waals surface area contributed by atoms with E-state index in [1.54, 1.807) is 11.6 Å². The van der Waals surface area contributed by atoms with Gasteiger partial charge in [0.25, 0.3) is 0 Å². The van der Waals surface area contributed by atoms with Crippen molar-refractivity contribution in [1.29, 1.82) is 0 Å². The Morgan fingerprint density at radius 3 is 2.42 bits per heavy atom. The Balaban J connectivity index is 3.24. The molecule has 66 valence electrons. The Hall–Kier alpha value is -0.830. The van der Waals surface area contributed by atoms with Crippen LogP contribution < -0.4 is 0 Å². The van der Waals surface area contributed by atoms with E-state index >= 15 is 0 Å². The summed E-state index contributed by atoms with van der Waals surface area (Å²) < 4.78 is 1.73. The van der Waals surface area contributed by atoms with Crippen LogP contribution in [0.15, 0.2) is 0 Å². The molecular formula is C8H11ClN2O. The molecule has 1 heterocycles. The second-order valence-electron chi connectivity index (χ2n) is 2.98. The maximum absolute atomic E-state index is 10.5. The van der Waals surface area contributed by atoms with E-state index in [0.29, 0.717) is 17.1 Å². The van der Waals surface area contributed by atoms with E-state index in [1.165, 1.54) is 0 Å². The largest absolute Gasteiger partial charge is 0.321 e. The van der Waals surface area contributed by atoms with E-state index in [2.05, 4.69) is 4.98 Å². The van der Waals surface area contributed by atoms with Crippen molar-refractivity contribution in [3.8, 4) is 0 Å². The van der Waals surface area contributed by atoms with E-state index < -0.39 is 0 Å². The zero-order chi connectivity index (χ0) is 9.30. The molecule has 0 atom stereocenters. The van der Waals surface area contributed by atoms with Crippen molar-refractivity contribution in [2.75, 3.05) is 0 Å². The summed E-state index contributed by atoms with van der Waals surface area (Å²) in [6.45, 7) is 4.01. The number of nitrogens with zero attached hydrogens (tertiary/aromatic N) is 2. The van der Waals surface area contributed by atoms with Crippen molar-refractivity contribution in [3.05, 3.63) is 16.7 Å². The van der Waals surface area contributed by atoms with Gasteiger partial charge in [0.15, 0.2) is 6.29 Å². The Labute approximate surface area is 76.4 Å². The van der Waals surface area contributed by atoms with E-state index in [4.69, 9.17) is 11.6 Å². The highest BCUT2D eigenvalue weighted by Gasteiger charge is 2.13. The van der Waals surface area contributed by atoms with Gasteiger partial charge in [0, 0.05) is 13.0 Å². The first-order valence-corrected chi connectivity index (χ1v) is 4.13. The van der Waals surface area contributed by atoms with Crippen LogP contribution in [-0.2, 0) is 7.05 Å². The average Bonchev–Trinajstić information content (AvgIpc) is 2.30. The first-order valence-electron chi connectivity index (χ1n) is 3.75. The van der Waals surface area contributed by atoms with E-state index in [1.807, 2.05) is 13.8 Å². The standard InChI is InChI=1S/C8H11ClN2O/c1-5(2)8-10-6(4-12)7(9)11(8)3/h4-5H,1-3H3. The molecule has 12 heavy (non-hydrogen) atoms. The number of carbonyl (C=O) groups excluding carboxylic acids is 1. The fourth-order valence-corrected chi connectivity index (χ4v) is 1.28. The third-order valence-electron chi connectivity index (χ3n) is 1.71. The highest BCUT2D eigenvalue weighted by atomic mass is 35.5. The van der Waals surface area contributed by atoms with Crippen LogP contribution in [-0.4, -0.2) is 15.8 Å². The lowest BCUT2D eigenvalue weighted by Crippen LogP contribution is -1.99. The first-order chi connectivity index (χ1) is 5.57. The maximum atomic E-state index is 10.5. The van der Waals surface area contributed by atoms with Crippen molar-refractivity contribution in [1.82, 2.24) is 9.55 Å². The maximum Gasteiger partial charge on any atom is 0.171 e. The number of aromatic nitrogens is 2. The number of rotatable bonds is 2. The van der Waals surface area contributed by atoms with Crippen LogP contribution in [0.5, 0.6) is 0 Å². The van der Waals surface area contributed by atoms with Gasteiger partial charge in [-0.3, -0.25) is 4.79 Å². The normalized spacial score (nSPS) is 10.8. The van der Waals surface area contributed by atoms with Gasteiger partial charge in [0.1, 0.15) is 16.7 Å². The molecule has 4 heteroatoms. The van der Waals surface area contributed by atoms with Gasteiger partial charge in [-0.1, -0.05) is 25.4 Å². The molecule has 0 amide bonds. The molecule has 0 saturated heterocycles. The first kappa shape index (κ1) is 9.26. The van der Waals surface area contributed by atoms with Crippen molar-refractivity contribution in [3.63, 3.8) is 0 Å². The van der Waals surface area contributed by atoms with Gasteiger partial charge in [0.2, 0.25) is 0 Å². The molecule has 1 rings (SSSR count). The Kier molecular flexibility index (Phi) is 2.52. The molecule has 0 N–H and O–H groups in total. The summed E-state index contributed by atoms with van der Waals surface area (Å²) in [6, 6.07) is 0. The summed E-state index contributed by atoms with van der Waals surface area (Å²) in [6.07, 6.45) is 0.675. The lowest BCUT2D eigenvalue weighted by Gasteiger charge is -2.03. The zero-order valence-electron chi connectivity index (χ0n) is 7.34. The molecule has 0 radical (unpaired) electrons. The van der Waals surface area contributed by atoms with Gasteiger partial charge < -0.3 is 4.57 Å². The Morgan fingerprint density at radius 2 is 2.17 bits per heavy atom. The minimum atomic E-state index is 0.279. The van der Waals surface area contributed by atoms with Crippen LogP contribution in [0, 0.1) is 0 Å². The monoisotopic (exact) mass is 186 g/mol. The SMILES string of the molecule is CC(C)c1nc(C=O)c(Cl)n1C. The summed E-state index contributed by atoms with van der Waals surface area (Å²) >= 11 is 5.83. The van der Waals surface area contributed by atoms with Crippen LogP contribution in [0.3, 0.4) is 0 Å². The molecule has 0 aliphatic carbocycles. The highest BCUT2D eigenvalue weighted by Crippen LogP contribution is 2.20. The number of imidazole rings is 1. The van der Waals surface area contributed by atoms with E-state index in [-0.39, 0.29) is 5.92 Å². The predicted molar refractivity (Wildman–Crippen MR) is 47.7 cm³/mol. The molecule has 0 spiro atoms. The van der Waals surface area contributed by atoms with Gasteiger partial charge in [-0.25, -0.2) is 4.98 Å². The summed E-state index contributed by atoms with van der Waals surface area (Å²) in [4.78, 5) is 14.5. The molecule has 1 aromatic heterocycles. The van der Waals surface area contributed by atoms with Crippen molar-refractivity contribution < 1.29 is 4.79 Å². The molecule has 0 fully saturated rings. The quantitative estimate of drug-likeness (QED) is 0.663. The fraction of sp³-hybridized carbons (Fsp3) is 0.500. The van der Waals surface area contributed by atoms with Gasteiger partial charge >= 0.3 is 0 Å². The number of halogens is 1. The second-order valence-corrected chi connectivity index (χ2v) is 3.34. The fourth-order valence-electron chi connectivity index (χ4n) is 1.11. The smallest absolute Gasteiger partial charge is 0.171 e. The van der Waals surface area contributed by atoms with Crippen LogP contribution in [0.4, 0.5) is 0 Å². The summed E-state index contributed by atoms with van der Waals surface area (Å²) in [7, 11) is 1.80. The van der Waals surface area contributed by atoms with Gasteiger partial charge in [-0.15, -0.1) is 0 Å². The molecule has 0 saturated carbocycles. The Morgan fingerprint density at radius 1 is 1.58 bits per heavy atom. The lowest BCUT2D eigenvalue weighted by atomic mass is 10.2.